The molecule has 0 saturated carbocycles. The summed E-state index contributed by atoms with van der Waals surface area (Å²) in [5, 5.41) is 0. The minimum atomic E-state index is -10.7. The van der Waals surface area contributed by atoms with E-state index in [9.17, 15) is 25.2 Å². The van der Waals surface area contributed by atoms with Crippen LogP contribution in [0.25, 0.3) is 0 Å². The van der Waals surface area contributed by atoms with Gasteiger partial charge in [-0.25, -0.2) is 0 Å². The first-order chi connectivity index (χ1) is 2.45. The van der Waals surface area contributed by atoms with E-state index >= 15 is 0 Å². The molecule has 0 nitrogen and oxygen atoms in total. The maximum atomic E-state index is 9.87. The zero-order chi connectivity index (χ0) is 6.41. The first-order valence-corrected chi connectivity index (χ1v) is 3.04. The van der Waals surface area contributed by atoms with Crippen molar-refractivity contribution in [2.24, 2.45) is 0 Å². The third kappa shape index (κ3) is 491. The Morgan fingerprint density at radius 1 is 0.750 bits per heavy atom. The zero-order valence-corrected chi connectivity index (χ0v) is 6.34. The Hall–Kier alpha value is 0.659. The summed E-state index contributed by atoms with van der Waals surface area (Å²) in [6.45, 7) is 0. The van der Waals surface area contributed by atoms with Crippen LogP contribution in [0, 0.1) is 0 Å². The predicted molar refractivity (Wildman–Crippen MR) is 14.7 cm³/mol. The topological polar surface area (TPSA) is 0 Å². The van der Waals surface area contributed by atoms with Crippen molar-refractivity contribution in [3.63, 3.8) is 0 Å². The average molecular weight is 338 g/mol. The molecular weight excluding hydrogens is 337 g/mol. The summed E-state index contributed by atoms with van der Waals surface area (Å²) in [7, 11) is -10.7. The minimum Gasteiger partial charge on any atom is 1.00 e. The van der Waals surface area contributed by atoms with E-state index in [1.807, 2.05) is 0 Å². The molecule has 0 radical (unpaired) electrons. The van der Waals surface area contributed by atoms with E-state index < -0.39 is 7.81 Å². The second kappa shape index (κ2) is 1.39. The molecule has 0 aromatic rings. The molecule has 0 fully saturated rings. The second-order valence-corrected chi connectivity index (χ2v) is 2.87. The first-order valence-electron chi connectivity index (χ1n) is 1.01. The fourth-order valence-electron chi connectivity index (χ4n) is 0. The largest absolute Gasteiger partial charge is 3.00 e. The van der Waals surface area contributed by atoms with Crippen molar-refractivity contribution in [3.8, 4) is 0 Å². The van der Waals surface area contributed by atoms with Crippen molar-refractivity contribution in [2.45, 2.75) is 0 Å². The van der Waals surface area contributed by atoms with Crippen molar-refractivity contribution in [1.82, 2.24) is 0 Å². The number of rotatable bonds is 0. The second-order valence-electron chi connectivity index (χ2n) is 0.958. The van der Waals surface area contributed by atoms with E-state index in [2.05, 4.69) is 0 Å². The maximum Gasteiger partial charge on any atom is 3.00 e. The van der Waals surface area contributed by atoms with Gasteiger partial charge in [0.25, 0.3) is 0 Å². The van der Waals surface area contributed by atoms with Gasteiger partial charge < -0.3 is 0 Å². The van der Waals surface area contributed by atoms with Gasteiger partial charge in [-0.05, 0) is 0 Å². The van der Waals surface area contributed by atoms with Gasteiger partial charge in [-0.2, -0.15) is 0 Å². The fraction of sp³-hybridized carbons (Fsp3) is 0. The van der Waals surface area contributed by atoms with Crippen LogP contribution in [0.4, 0.5) is 25.2 Å². The Morgan fingerprint density at radius 2 is 0.750 bits per heavy atom. The molecule has 54 valence electrons. The molecule has 0 aromatic carbocycles. The molecule has 0 aromatic heterocycles. The van der Waals surface area contributed by atoms with E-state index in [0.29, 0.717) is 0 Å². The molecule has 0 amide bonds. The van der Waals surface area contributed by atoms with E-state index in [4.69, 9.17) is 0 Å². The van der Waals surface area contributed by atoms with Gasteiger partial charge in [0, 0.05) is 0 Å². The van der Waals surface area contributed by atoms with Gasteiger partial charge in [0.2, 0.25) is 0 Å². The Bertz CT molecular complexity index is 71.6. The molecule has 0 N–H and O–H groups in total. The summed E-state index contributed by atoms with van der Waals surface area (Å²) in [5.41, 5.74) is 0. The molecule has 0 aliphatic carbocycles. The number of hydrogen-bond acceptors (Lipinski definition) is 0. The molecule has 0 unspecified atom stereocenters. The van der Waals surface area contributed by atoms with Gasteiger partial charge in [0.15, 0.2) is 0 Å². The molecule has 8 heavy (non-hydrogen) atoms. The third-order valence-corrected chi connectivity index (χ3v) is 0. The van der Waals surface area contributed by atoms with Crippen LogP contribution in [-0.2, 0) is 20.1 Å². The molecule has 0 aliphatic rings. The van der Waals surface area contributed by atoms with Gasteiger partial charge >= 0.3 is 54.5 Å². The molecule has 0 aliphatic heterocycles. The number of halogens is 6. The Morgan fingerprint density at radius 3 is 0.750 bits per heavy atom. The van der Waals surface area contributed by atoms with Crippen LogP contribution in [-0.4, -0.2) is 0 Å². The summed E-state index contributed by atoms with van der Waals surface area (Å²) in [6.07, 6.45) is 0. The maximum absolute atomic E-state index is 10.7. The smallest absolute Gasteiger partial charge is 1.00 e. The van der Waals surface area contributed by atoms with Crippen molar-refractivity contribution in [2.75, 3.05) is 0 Å². The molecule has 0 rings (SSSR count). The molecule has 0 atom stereocenters. The summed E-state index contributed by atoms with van der Waals surface area (Å²) < 4.78 is 59.2. The van der Waals surface area contributed by atoms with Crippen LogP contribution in [0.15, 0.2) is 0 Å². The quantitative estimate of drug-likeness (QED) is 0.469. The van der Waals surface area contributed by atoms with Crippen LogP contribution in [0.1, 0.15) is 1.43 Å². The minimum absolute atomic E-state index is 0. The number of hydrogen-bond donors (Lipinski definition) is 0. The molecule has 0 heterocycles. The molecular formula is HF6IrP+3. The normalized spacial score (nSPS) is 20.2. The summed E-state index contributed by atoms with van der Waals surface area (Å²) in [5.74, 6) is 0. The summed E-state index contributed by atoms with van der Waals surface area (Å²) >= 11 is 0. The Balaban J connectivity index is -0.000000180. The van der Waals surface area contributed by atoms with Crippen LogP contribution in [0.2, 0.25) is 0 Å². The fourth-order valence-corrected chi connectivity index (χ4v) is 0. The van der Waals surface area contributed by atoms with Crippen molar-refractivity contribution >= 4 is 7.81 Å². The monoisotopic (exact) mass is 339 g/mol. The Labute approximate surface area is 55.3 Å². The van der Waals surface area contributed by atoms with Gasteiger partial charge in [0.05, 0.1) is 0 Å². The van der Waals surface area contributed by atoms with Crippen LogP contribution in [0.5, 0.6) is 0 Å². The molecule has 0 spiro atoms. The first kappa shape index (κ1) is 11.5. The summed E-state index contributed by atoms with van der Waals surface area (Å²) in [6, 6.07) is 0. The van der Waals surface area contributed by atoms with Crippen LogP contribution in [0.3, 0.4) is 0 Å². The van der Waals surface area contributed by atoms with Gasteiger partial charge in [0.1, 0.15) is 0 Å². The molecule has 8 heteroatoms. The predicted octanol–water partition coefficient (Wildman–Crippen LogP) is 3.49. The van der Waals surface area contributed by atoms with E-state index in [1.54, 1.807) is 0 Å². The summed E-state index contributed by atoms with van der Waals surface area (Å²) in [4.78, 5) is 0. The van der Waals surface area contributed by atoms with E-state index in [1.165, 1.54) is 0 Å². The van der Waals surface area contributed by atoms with Crippen LogP contribution >= 0.6 is 7.81 Å². The molecule has 0 saturated heterocycles. The van der Waals surface area contributed by atoms with Crippen molar-refractivity contribution in [1.29, 1.82) is 0 Å². The van der Waals surface area contributed by atoms with Crippen molar-refractivity contribution in [3.05, 3.63) is 0 Å². The standard InChI is InChI=1S/F6P.Ir/c1-7(2,3,4,5)6;/q-1;+3/p+1. The van der Waals surface area contributed by atoms with Gasteiger partial charge in [-0.3, -0.25) is 0 Å². The van der Waals surface area contributed by atoms with Gasteiger partial charge in [-0.15, -0.1) is 0 Å². The van der Waals surface area contributed by atoms with E-state index in [-0.39, 0.29) is 21.5 Å². The third-order valence-electron chi connectivity index (χ3n) is 0. The molecule has 0 bridgehead atoms. The van der Waals surface area contributed by atoms with Gasteiger partial charge in [-0.1, -0.05) is 0 Å². The van der Waals surface area contributed by atoms with E-state index in [0.717, 1.165) is 0 Å². The zero-order valence-electron chi connectivity index (χ0n) is 4.05. The Kier molecular flexibility index (Phi) is 1.98. The SMILES string of the molecule is F[P-](F)(F)(F)(F)F.[H+].[Ir+3]. The van der Waals surface area contributed by atoms with Crippen LogP contribution < -0.4 is 0 Å². The van der Waals surface area contributed by atoms with Crippen molar-refractivity contribution < 1.29 is 46.7 Å². The average Bonchev–Trinajstić information content (AvgIpc) is 0.592.